The van der Waals surface area contributed by atoms with Gasteiger partial charge in [-0.15, -0.1) is 0 Å². The Morgan fingerprint density at radius 1 is 0.970 bits per heavy atom. The molecule has 4 rings (SSSR count). The molecule has 0 bridgehead atoms. The Bertz CT molecular complexity index is 1050. The molecule has 0 amide bonds. The molecule has 0 radical (unpaired) electrons. The number of benzene rings is 3. The highest BCUT2D eigenvalue weighted by Gasteiger charge is 2.37. The second-order valence-electron chi connectivity index (χ2n) is 8.79. The Hall–Kier alpha value is -2.51. The van der Waals surface area contributed by atoms with Gasteiger partial charge in [-0.05, 0) is 60.1 Å². The zero-order valence-corrected chi connectivity index (χ0v) is 19.8. The predicted molar refractivity (Wildman–Crippen MR) is 133 cm³/mol. The summed E-state index contributed by atoms with van der Waals surface area (Å²) >= 11 is -2.27. The first-order valence-corrected chi connectivity index (χ1v) is 12.5. The molecule has 2 N–H and O–H groups in total. The summed E-state index contributed by atoms with van der Waals surface area (Å²) in [6, 6.07) is 27.6. The fourth-order valence-corrected chi connectivity index (χ4v) is 5.19. The Balaban J connectivity index is 1.37. The molecule has 1 atom stereocenters. The van der Waals surface area contributed by atoms with Crippen LogP contribution in [-0.2, 0) is 23.2 Å². The van der Waals surface area contributed by atoms with Crippen LogP contribution < -0.4 is 14.8 Å². The largest absolute Gasteiger partial charge is 0.760 e. The van der Waals surface area contributed by atoms with Crippen LogP contribution in [0.25, 0.3) is 11.1 Å². The molecular formula is C27H31N2O3S-. The van der Waals surface area contributed by atoms with Crippen molar-refractivity contribution in [2.75, 3.05) is 13.7 Å². The smallest absolute Gasteiger partial charge is 0.119 e. The van der Waals surface area contributed by atoms with Crippen LogP contribution in [0.5, 0.6) is 5.75 Å². The van der Waals surface area contributed by atoms with E-state index < -0.39 is 11.3 Å². The third kappa shape index (κ3) is 6.09. The van der Waals surface area contributed by atoms with Gasteiger partial charge >= 0.3 is 0 Å². The summed E-state index contributed by atoms with van der Waals surface area (Å²) in [4.78, 5) is 0. The molecule has 0 aliphatic heterocycles. The molecule has 1 unspecified atom stereocenters. The number of hydrogen-bond acceptors (Lipinski definition) is 4. The van der Waals surface area contributed by atoms with Gasteiger partial charge in [0.1, 0.15) is 5.75 Å². The minimum atomic E-state index is -2.27. The van der Waals surface area contributed by atoms with Crippen molar-refractivity contribution in [2.24, 2.45) is 0 Å². The molecule has 3 aromatic rings. The van der Waals surface area contributed by atoms with E-state index in [2.05, 4.69) is 64.6 Å². The van der Waals surface area contributed by atoms with Crippen LogP contribution >= 0.6 is 0 Å². The molecule has 0 spiro atoms. The monoisotopic (exact) mass is 463 g/mol. The van der Waals surface area contributed by atoms with Gasteiger partial charge in [0.2, 0.25) is 0 Å². The minimum Gasteiger partial charge on any atom is -0.760 e. The van der Waals surface area contributed by atoms with Gasteiger partial charge in [0, 0.05) is 35.8 Å². The molecule has 1 aliphatic rings. The van der Waals surface area contributed by atoms with Crippen LogP contribution in [0.4, 0.5) is 0 Å². The summed E-state index contributed by atoms with van der Waals surface area (Å²) in [5.41, 5.74) is 4.64. The molecule has 6 heteroatoms. The number of nitrogens with one attached hydrogen (secondary N) is 2. The zero-order chi connectivity index (χ0) is 23.1. The average molecular weight is 464 g/mol. The minimum absolute atomic E-state index is 0.218. The van der Waals surface area contributed by atoms with Gasteiger partial charge in [0.05, 0.1) is 7.11 Å². The van der Waals surface area contributed by atoms with E-state index >= 15 is 0 Å². The highest BCUT2D eigenvalue weighted by atomic mass is 32.2. The third-order valence-electron chi connectivity index (χ3n) is 6.81. The number of hydrogen-bond donors (Lipinski definition) is 2. The van der Waals surface area contributed by atoms with Gasteiger partial charge in [-0.3, -0.25) is 4.21 Å². The number of rotatable bonds is 9. The van der Waals surface area contributed by atoms with Gasteiger partial charge in [0.15, 0.2) is 0 Å². The molecule has 0 saturated heterocycles. The lowest BCUT2D eigenvalue weighted by Crippen LogP contribution is -2.45. The van der Waals surface area contributed by atoms with Crippen molar-refractivity contribution in [3.8, 4) is 16.9 Å². The highest BCUT2D eigenvalue weighted by Crippen LogP contribution is 2.40. The van der Waals surface area contributed by atoms with E-state index in [0.717, 1.165) is 43.5 Å². The van der Waals surface area contributed by atoms with Gasteiger partial charge in [0.25, 0.3) is 0 Å². The highest BCUT2D eigenvalue weighted by molar-refractivity contribution is 7.77. The summed E-state index contributed by atoms with van der Waals surface area (Å²) in [5.74, 6) is 0.800. The lowest BCUT2D eigenvalue weighted by Gasteiger charge is -2.41. The van der Waals surface area contributed by atoms with E-state index in [1.54, 1.807) is 7.11 Å². The van der Waals surface area contributed by atoms with E-state index in [1.165, 1.54) is 16.7 Å². The fourth-order valence-electron chi connectivity index (χ4n) is 4.80. The first-order chi connectivity index (χ1) is 16.1. The van der Waals surface area contributed by atoms with Crippen LogP contribution in [0.3, 0.4) is 0 Å². The van der Waals surface area contributed by atoms with Crippen molar-refractivity contribution in [1.29, 1.82) is 0 Å². The summed E-state index contributed by atoms with van der Waals surface area (Å²) in [6.07, 6.45) is 3.81. The van der Waals surface area contributed by atoms with Crippen molar-refractivity contribution in [1.82, 2.24) is 10.0 Å². The summed E-state index contributed by atoms with van der Waals surface area (Å²) in [7, 11) is 1.66. The molecule has 33 heavy (non-hydrogen) atoms. The second kappa shape index (κ2) is 11.1. The van der Waals surface area contributed by atoms with Crippen LogP contribution in [0.15, 0.2) is 78.9 Å². The van der Waals surface area contributed by atoms with E-state index in [9.17, 15) is 8.76 Å². The molecule has 0 aromatic heterocycles. The first-order valence-electron chi connectivity index (χ1n) is 11.4. The van der Waals surface area contributed by atoms with Gasteiger partial charge in [-0.25, -0.2) is 4.72 Å². The predicted octanol–water partition coefficient (Wildman–Crippen LogP) is 4.72. The van der Waals surface area contributed by atoms with Gasteiger partial charge < -0.3 is 14.6 Å². The summed E-state index contributed by atoms with van der Waals surface area (Å²) in [6.45, 7) is 1.23. The SMILES string of the molecule is COc1cccc(C2(CNS(=O)[O-])CCC(NCc3ccc(-c4ccccc4)cc3)CC2)c1. The Morgan fingerprint density at radius 2 is 1.67 bits per heavy atom. The standard InChI is InChI=1S/C27H32N2O3S/c1-32-26-9-5-8-24(18-26)27(20-29-33(30)31)16-14-25(15-17-27)28-19-21-10-12-23(13-11-21)22-6-3-2-4-7-22/h2-13,18,25,28-29H,14-17,19-20H2,1H3,(H,30,31)/p-1. The van der Waals surface area contributed by atoms with Gasteiger partial charge in [-0.1, -0.05) is 66.7 Å². The fraction of sp³-hybridized carbons (Fsp3) is 0.333. The lowest BCUT2D eigenvalue weighted by atomic mass is 9.68. The molecule has 0 heterocycles. The van der Waals surface area contributed by atoms with E-state index in [0.29, 0.717) is 12.6 Å². The zero-order valence-electron chi connectivity index (χ0n) is 19.0. The first kappa shape index (κ1) is 23.6. The van der Waals surface area contributed by atoms with Crippen molar-refractivity contribution in [3.63, 3.8) is 0 Å². The Morgan fingerprint density at radius 3 is 2.33 bits per heavy atom. The Labute approximate surface area is 199 Å². The molecule has 1 saturated carbocycles. The normalized spacial score (nSPS) is 21.5. The van der Waals surface area contributed by atoms with Crippen molar-refractivity contribution < 1.29 is 13.5 Å². The molecular weight excluding hydrogens is 432 g/mol. The van der Waals surface area contributed by atoms with Crippen LogP contribution in [0, 0.1) is 0 Å². The van der Waals surface area contributed by atoms with Crippen LogP contribution in [0.1, 0.15) is 36.8 Å². The number of methoxy groups -OCH3 is 1. The maximum atomic E-state index is 11.2. The second-order valence-corrected chi connectivity index (χ2v) is 9.54. The molecule has 3 aromatic carbocycles. The van der Waals surface area contributed by atoms with E-state index in [1.807, 2.05) is 24.3 Å². The Kier molecular flexibility index (Phi) is 7.93. The molecule has 174 valence electrons. The maximum Gasteiger partial charge on any atom is 0.119 e. The van der Waals surface area contributed by atoms with E-state index in [-0.39, 0.29) is 5.41 Å². The summed E-state index contributed by atoms with van der Waals surface area (Å²) in [5, 5.41) is 3.71. The third-order valence-corrected chi connectivity index (χ3v) is 7.19. The average Bonchev–Trinajstić information content (AvgIpc) is 2.88. The van der Waals surface area contributed by atoms with Crippen molar-refractivity contribution in [3.05, 3.63) is 90.0 Å². The quantitative estimate of drug-likeness (QED) is 0.451. The van der Waals surface area contributed by atoms with Gasteiger partial charge in [-0.2, -0.15) is 0 Å². The van der Waals surface area contributed by atoms with Crippen LogP contribution in [0.2, 0.25) is 0 Å². The molecule has 1 aliphatic carbocycles. The number of ether oxygens (including phenoxy) is 1. The van der Waals surface area contributed by atoms with Crippen LogP contribution in [-0.4, -0.2) is 28.5 Å². The van der Waals surface area contributed by atoms with E-state index in [4.69, 9.17) is 4.74 Å². The topological polar surface area (TPSA) is 73.4 Å². The molecule has 5 nitrogen and oxygen atoms in total. The summed E-state index contributed by atoms with van der Waals surface area (Å²) < 4.78 is 30.5. The van der Waals surface area contributed by atoms with Crippen molar-refractivity contribution in [2.45, 2.75) is 43.7 Å². The maximum absolute atomic E-state index is 11.2. The van der Waals surface area contributed by atoms with Crippen molar-refractivity contribution >= 4 is 11.3 Å². The molecule has 1 fully saturated rings. The lowest BCUT2D eigenvalue weighted by molar-refractivity contribution is 0.244.